The van der Waals surface area contributed by atoms with Crippen molar-refractivity contribution >= 4 is 27.7 Å². The molecule has 0 aromatic heterocycles. The summed E-state index contributed by atoms with van der Waals surface area (Å²) in [4.78, 5) is 11.4. The fourth-order valence-corrected chi connectivity index (χ4v) is 1.45. The molecule has 0 radical (unpaired) electrons. The normalized spacial score (nSPS) is 27.8. The zero-order valence-corrected chi connectivity index (χ0v) is 5.71. The standard InChI is InChI=1S/C5H3N3OS/c9-10-3-6-1-4-5(10)8-2-7-4/h1-3H. The molecular formula is C5H3N3OS. The molecule has 0 spiro atoms. The lowest BCUT2D eigenvalue weighted by molar-refractivity contribution is 0.696. The zero-order chi connectivity index (χ0) is 6.97. The van der Waals surface area contributed by atoms with Crippen molar-refractivity contribution in [3.63, 3.8) is 0 Å². The Kier molecular flexibility index (Phi) is 1.10. The van der Waals surface area contributed by atoms with Crippen molar-refractivity contribution < 1.29 is 4.21 Å². The van der Waals surface area contributed by atoms with Gasteiger partial charge in [-0.2, -0.15) is 0 Å². The van der Waals surface area contributed by atoms with E-state index < -0.39 is 10.8 Å². The first kappa shape index (κ1) is 5.67. The minimum atomic E-state index is -1.18. The Morgan fingerprint density at radius 1 is 1.50 bits per heavy atom. The minimum Gasteiger partial charge on any atom is -0.252 e. The average Bonchev–Trinajstić information content (AvgIpc) is 2.36. The number of hydrogen-bond acceptors (Lipinski definition) is 4. The number of rotatable bonds is 0. The Labute approximate surface area is 59.6 Å². The van der Waals surface area contributed by atoms with E-state index in [0.717, 1.165) is 0 Å². The summed E-state index contributed by atoms with van der Waals surface area (Å²) < 4.78 is 11.0. The van der Waals surface area contributed by atoms with Crippen molar-refractivity contribution in [2.24, 2.45) is 15.0 Å². The van der Waals surface area contributed by atoms with Crippen LogP contribution < -0.4 is 0 Å². The summed E-state index contributed by atoms with van der Waals surface area (Å²) >= 11 is 0. The van der Waals surface area contributed by atoms with E-state index >= 15 is 0 Å². The van der Waals surface area contributed by atoms with E-state index in [-0.39, 0.29) is 0 Å². The smallest absolute Gasteiger partial charge is 0.162 e. The first-order valence-electron chi connectivity index (χ1n) is 2.63. The maximum atomic E-state index is 11.0. The molecule has 2 rings (SSSR count). The van der Waals surface area contributed by atoms with E-state index in [1.807, 2.05) is 0 Å². The summed E-state index contributed by atoms with van der Waals surface area (Å²) in [5, 5.41) is 0.509. The van der Waals surface area contributed by atoms with Crippen LogP contribution in [0.3, 0.4) is 0 Å². The third-order valence-electron chi connectivity index (χ3n) is 1.13. The Morgan fingerprint density at radius 2 is 2.40 bits per heavy atom. The van der Waals surface area contributed by atoms with Gasteiger partial charge in [0, 0.05) is 0 Å². The van der Waals surface area contributed by atoms with Crippen molar-refractivity contribution in [1.82, 2.24) is 0 Å². The number of hydrogen-bond donors (Lipinski definition) is 0. The fourth-order valence-electron chi connectivity index (χ4n) is 0.715. The maximum Gasteiger partial charge on any atom is 0.162 e. The van der Waals surface area contributed by atoms with Gasteiger partial charge < -0.3 is 0 Å². The van der Waals surface area contributed by atoms with Crippen molar-refractivity contribution in [3.05, 3.63) is 11.9 Å². The van der Waals surface area contributed by atoms with Crippen LogP contribution in [0.1, 0.15) is 0 Å². The molecule has 5 heteroatoms. The van der Waals surface area contributed by atoms with Crippen LogP contribution in [0.15, 0.2) is 26.9 Å². The van der Waals surface area contributed by atoms with Gasteiger partial charge in [-0.05, 0) is 0 Å². The van der Waals surface area contributed by atoms with E-state index in [1.165, 1.54) is 11.9 Å². The quantitative estimate of drug-likeness (QED) is 0.485. The van der Waals surface area contributed by atoms with Gasteiger partial charge in [-0.1, -0.05) is 0 Å². The van der Waals surface area contributed by atoms with E-state index in [4.69, 9.17) is 0 Å². The van der Waals surface area contributed by atoms with Gasteiger partial charge in [0.15, 0.2) is 5.04 Å². The molecule has 0 bridgehead atoms. The Balaban J connectivity index is 2.54. The van der Waals surface area contributed by atoms with Crippen LogP contribution in [0.4, 0.5) is 0 Å². The molecule has 0 aromatic carbocycles. The van der Waals surface area contributed by atoms with Gasteiger partial charge in [0.2, 0.25) is 0 Å². The molecule has 1 unspecified atom stereocenters. The van der Waals surface area contributed by atoms with Gasteiger partial charge >= 0.3 is 0 Å². The van der Waals surface area contributed by atoms with E-state index in [0.29, 0.717) is 10.7 Å². The number of fused-ring (bicyclic) bond motifs is 1. The summed E-state index contributed by atoms with van der Waals surface area (Å²) in [5.74, 6) is 0. The van der Waals surface area contributed by atoms with Gasteiger partial charge in [-0.25, -0.2) is 14.2 Å². The molecule has 0 fully saturated rings. The highest BCUT2D eigenvalue weighted by Crippen LogP contribution is 2.12. The third-order valence-corrected chi connectivity index (χ3v) is 2.14. The van der Waals surface area contributed by atoms with Gasteiger partial charge in [0.05, 0.1) is 11.7 Å². The molecule has 0 aromatic rings. The highest BCUT2D eigenvalue weighted by Gasteiger charge is 2.18. The first-order valence-corrected chi connectivity index (χ1v) is 3.84. The Morgan fingerprint density at radius 3 is 3.20 bits per heavy atom. The second kappa shape index (κ2) is 1.95. The molecule has 1 atom stereocenters. The number of nitrogens with zero attached hydrogens (tertiary/aromatic N) is 3. The van der Waals surface area contributed by atoms with Gasteiger partial charge in [0.25, 0.3) is 0 Å². The molecule has 2 aliphatic heterocycles. The largest absolute Gasteiger partial charge is 0.252 e. The summed E-state index contributed by atoms with van der Waals surface area (Å²) in [6.45, 7) is 0. The monoisotopic (exact) mass is 153 g/mol. The molecule has 0 aliphatic carbocycles. The summed E-state index contributed by atoms with van der Waals surface area (Å²) in [6, 6.07) is 0. The van der Waals surface area contributed by atoms with Crippen molar-refractivity contribution in [2.45, 2.75) is 0 Å². The van der Waals surface area contributed by atoms with E-state index in [9.17, 15) is 4.21 Å². The molecular weight excluding hydrogens is 150 g/mol. The van der Waals surface area contributed by atoms with Crippen LogP contribution in [0.25, 0.3) is 0 Å². The van der Waals surface area contributed by atoms with Crippen LogP contribution in [-0.4, -0.2) is 21.1 Å². The molecule has 50 valence electrons. The fraction of sp³-hybridized carbons (Fsp3) is 0. The first-order chi connectivity index (χ1) is 4.88. The molecule has 0 saturated heterocycles. The lowest BCUT2D eigenvalue weighted by atomic mass is 10.5. The van der Waals surface area contributed by atoms with Gasteiger partial charge in [-0.3, -0.25) is 4.99 Å². The Bertz CT molecular complexity index is 307. The lowest BCUT2D eigenvalue weighted by Gasteiger charge is -1.98. The minimum absolute atomic E-state index is 0.509. The van der Waals surface area contributed by atoms with Crippen LogP contribution in [-0.2, 0) is 10.8 Å². The molecule has 0 amide bonds. The predicted octanol–water partition coefficient (Wildman–Crippen LogP) is 0.0588. The van der Waals surface area contributed by atoms with Gasteiger partial charge in [0.1, 0.15) is 22.8 Å². The Hall–Kier alpha value is -1.10. The SMILES string of the molecule is O=S1C=NC=C2N=CN=C21. The summed E-state index contributed by atoms with van der Waals surface area (Å²) in [6.07, 6.45) is 2.93. The molecule has 0 N–H and O–H groups in total. The van der Waals surface area contributed by atoms with Crippen molar-refractivity contribution in [2.75, 3.05) is 0 Å². The average molecular weight is 153 g/mol. The predicted molar refractivity (Wildman–Crippen MR) is 40.6 cm³/mol. The van der Waals surface area contributed by atoms with Crippen molar-refractivity contribution in [3.8, 4) is 0 Å². The highest BCUT2D eigenvalue weighted by atomic mass is 32.2. The third kappa shape index (κ3) is 0.672. The van der Waals surface area contributed by atoms with Gasteiger partial charge in [-0.15, -0.1) is 0 Å². The van der Waals surface area contributed by atoms with E-state index in [1.54, 1.807) is 6.20 Å². The van der Waals surface area contributed by atoms with Crippen LogP contribution in [0.5, 0.6) is 0 Å². The second-order valence-corrected chi connectivity index (χ2v) is 2.94. The van der Waals surface area contributed by atoms with Crippen LogP contribution in [0.2, 0.25) is 0 Å². The topological polar surface area (TPSA) is 54.1 Å². The second-order valence-electron chi connectivity index (χ2n) is 1.75. The summed E-state index contributed by atoms with van der Waals surface area (Å²) in [5.41, 5.74) is 1.96. The molecule has 2 heterocycles. The molecule has 10 heavy (non-hydrogen) atoms. The van der Waals surface area contributed by atoms with E-state index in [2.05, 4.69) is 15.0 Å². The van der Waals surface area contributed by atoms with Crippen LogP contribution in [0, 0.1) is 0 Å². The van der Waals surface area contributed by atoms with Crippen LogP contribution >= 0.6 is 0 Å². The molecule has 0 saturated carbocycles. The lowest BCUT2D eigenvalue weighted by Crippen LogP contribution is -2.10. The number of aliphatic imine (C=N–C) groups is 3. The zero-order valence-electron chi connectivity index (χ0n) is 4.89. The molecule has 4 nitrogen and oxygen atoms in total. The summed E-state index contributed by atoms with van der Waals surface area (Å²) in [7, 11) is -1.18. The maximum absolute atomic E-state index is 11.0. The highest BCUT2D eigenvalue weighted by molar-refractivity contribution is 8.12. The molecule has 2 aliphatic rings. The van der Waals surface area contributed by atoms with Crippen molar-refractivity contribution in [1.29, 1.82) is 0 Å².